The summed E-state index contributed by atoms with van der Waals surface area (Å²) < 4.78 is 1.64. The van der Waals surface area contributed by atoms with E-state index in [1.165, 1.54) is 0 Å². The maximum atomic E-state index is 12.2. The summed E-state index contributed by atoms with van der Waals surface area (Å²) in [6.07, 6.45) is 4.21. The molecule has 2 aromatic heterocycles. The maximum Gasteiger partial charge on any atom is 0.306 e. The molecule has 2 N–H and O–H groups in total. The van der Waals surface area contributed by atoms with Crippen LogP contribution in [0.25, 0.3) is 0 Å². The lowest BCUT2D eigenvalue weighted by molar-refractivity contribution is -0.142. The molecule has 23 heavy (non-hydrogen) atoms. The van der Waals surface area contributed by atoms with Crippen molar-refractivity contribution in [3.05, 3.63) is 34.3 Å². The van der Waals surface area contributed by atoms with Gasteiger partial charge in [0, 0.05) is 10.9 Å². The molecular weight excluding hydrogens is 316 g/mol. The minimum atomic E-state index is -0.744. The summed E-state index contributed by atoms with van der Waals surface area (Å²) in [6, 6.07) is 3.99. The van der Waals surface area contributed by atoms with Crippen LogP contribution in [-0.2, 0) is 11.3 Å². The van der Waals surface area contributed by atoms with Crippen molar-refractivity contribution < 1.29 is 14.7 Å². The molecule has 0 atom stereocenters. The number of aliphatic carboxylic acids is 1. The Bertz CT molecular complexity index is 675. The van der Waals surface area contributed by atoms with Crippen molar-refractivity contribution >= 4 is 23.2 Å². The number of carboxylic acid groups (broad SMARTS) is 1. The average molecular weight is 334 g/mol. The smallest absolute Gasteiger partial charge is 0.306 e. The van der Waals surface area contributed by atoms with Gasteiger partial charge in [0.15, 0.2) is 5.69 Å². The summed E-state index contributed by atoms with van der Waals surface area (Å²) >= 11 is 1.63. The first-order valence-corrected chi connectivity index (χ1v) is 8.46. The fourth-order valence-electron chi connectivity index (χ4n) is 2.79. The molecule has 0 aliphatic heterocycles. The van der Waals surface area contributed by atoms with Gasteiger partial charge < -0.3 is 10.4 Å². The molecule has 1 saturated carbocycles. The monoisotopic (exact) mass is 334 g/mol. The van der Waals surface area contributed by atoms with E-state index in [9.17, 15) is 9.59 Å². The van der Waals surface area contributed by atoms with E-state index in [1.807, 2.05) is 17.5 Å². The molecule has 0 unspecified atom stereocenters. The summed E-state index contributed by atoms with van der Waals surface area (Å²) in [6.45, 7) is 0.599. The molecule has 122 valence electrons. The molecule has 0 saturated heterocycles. The molecule has 0 aromatic carbocycles. The summed E-state index contributed by atoms with van der Waals surface area (Å²) in [7, 11) is 0. The molecule has 0 radical (unpaired) electrons. The number of nitrogens with one attached hydrogen (secondary N) is 1. The Morgan fingerprint density at radius 1 is 1.35 bits per heavy atom. The highest BCUT2D eigenvalue weighted by atomic mass is 32.1. The third kappa shape index (κ3) is 3.95. The van der Waals surface area contributed by atoms with Gasteiger partial charge >= 0.3 is 5.97 Å². The number of carboxylic acids is 1. The first-order valence-electron chi connectivity index (χ1n) is 7.58. The van der Waals surface area contributed by atoms with E-state index in [4.69, 9.17) is 5.11 Å². The zero-order valence-electron chi connectivity index (χ0n) is 12.5. The molecule has 0 spiro atoms. The Morgan fingerprint density at radius 3 is 2.78 bits per heavy atom. The van der Waals surface area contributed by atoms with Crippen LogP contribution in [0, 0.1) is 5.92 Å². The van der Waals surface area contributed by atoms with Gasteiger partial charge in [-0.15, -0.1) is 16.4 Å². The minimum Gasteiger partial charge on any atom is -0.481 e. The second-order valence-electron chi connectivity index (χ2n) is 5.74. The van der Waals surface area contributed by atoms with Crippen LogP contribution in [0.2, 0.25) is 0 Å². The largest absolute Gasteiger partial charge is 0.481 e. The lowest BCUT2D eigenvalue weighted by atomic mass is 9.86. The van der Waals surface area contributed by atoms with Crippen LogP contribution in [0.1, 0.15) is 41.0 Å². The van der Waals surface area contributed by atoms with Crippen LogP contribution in [-0.4, -0.2) is 38.0 Å². The Kier molecular flexibility index (Phi) is 4.71. The molecule has 1 aliphatic carbocycles. The van der Waals surface area contributed by atoms with Crippen molar-refractivity contribution in [2.45, 2.75) is 38.3 Å². The van der Waals surface area contributed by atoms with Crippen molar-refractivity contribution in [3.8, 4) is 0 Å². The Morgan fingerprint density at radius 2 is 2.13 bits per heavy atom. The van der Waals surface area contributed by atoms with Crippen molar-refractivity contribution in [1.29, 1.82) is 0 Å². The number of rotatable bonds is 5. The first-order chi connectivity index (χ1) is 11.1. The number of amides is 1. The number of hydrogen-bond acceptors (Lipinski definition) is 5. The highest BCUT2D eigenvalue weighted by Crippen LogP contribution is 2.24. The molecule has 0 bridgehead atoms. The van der Waals surface area contributed by atoms with Crippen molar-refractivity contribution in [3.63, 3.8) is 0 Å². The number of aromatic nitrogens is 3. The lowest BCUT2D eigenvalue weighted by Gasteiger charge is -2.26. The van der Waals surface area contributed by atoms with E-state index in [2.05, 4.69) is 15.6 Å². The molecular formula is C15H18N4O3S. The quantitative estimate of drug-likeness (QED) is 0.868. The highest BCUT2D eigenvalue weighted by molar-refractivity contribution is 7.09. The van der Waals surface area contributed by atoms with Crippen LogP contribution in [0.15, 0.2) is 23.7 Å². The normalized spacial score (nSPS) is 21.0. The van der Waals surface area contributed by atoms with Gasteiger partial charge in [0.2, 0.25) is 0 Å². The van der Waals surface area contributed by atoms with E-state index in [-0.39, 0.29) is 17.9 Å². The predicted octanol–water partition coefficient (Wildman–Crippen LogP) is 1.76. The number of carbonyl (C=O) groups excluding carboxylic acids is 1. The molecule has 7 nitrogen and oxygen atoms in total. The topological polar surface area (TPSA) is 97.1 Å². The van der Waals surface area contributed by atoms with E-state index in [0.717, 1.165) is 4.88 Å². The summed E-state index contributed by atoms with van der Waals surface area (Å²) in [4.78, 5) is 24.3. The zero-order chi connectivity index (χ0) is 16.2. The second kappa shape index (κ2) is 6.91. The van der Waals surface area contributed by atoms with Crippen molar-refractivity contribution in [2.24, 2.45) is 5.92 Å². The predicted molar refractivity (Wildman–Crippen MR) is 84.3 cm³/mol. The van der Waals surface area contributed by atoms with Crippen LogP contribution in [0.5, 0.6) is 0 Å². The van der Waals surface area contributed by atoms with Crippen LogP contribution in [0.4, 0.5) is 0 Å². The molecule has 3 rings (SSSR count). The molecule has 1 amide bonds. The Balaban J connectivity index is 1.53. The van der Waals surface area contributed by atoms with E-state index in [0.29, 0.717) is 37.9 Å². The zero-order valence-corrected chi connectivity index (χ0v) is 13.3. The van der Waals surface area contributed by atoms with Crippen LogP contribution >= 0.6 is 11.3 Å². The standard InChI is InChI=1S/C15H18N4O3S/c20-14(16-11-5-3-10(4-6-11)15(21)22)13-9-19(18-17-13)8-12-2-1-7-23-12/h1-2,7,9-11H,3-6,8H2,(H,16,20)(H,21,22). The summed E-state index contributed by atoms with van der Waals surface area (Å²) in [5.74, 6) is -1.28. The fourth-order valence-corrected chi connectivity index (χ4v) is 3.48. The Labute approximate surface area is 137 Å². The van der Waals surface area contributed by atoms with E-state index < -0.39 is 5.97 Å². The highest BCUT2D eigenvalue weighted by Gasteiger charge is 2.27. The van der Waals surface area contributed by atoms with Gasteiger partial charge in [-0.3, -0.25) is 9.59 Å². The molecule has 1 aliphatic rings. The third-order valence-electron chi connectivity index (χ3n) is 4.08. The molecule has 2 heterocycles. The number of thiophene rings is 1. The van der Waals surface area contributed by atoms with Gasteiger partial charge in [0.05, 0.1) is 18.7 Å². The molecule has 2 aromatic rings. The maximum absolute atomic E-state index is 12.2. The van der Waals surface area contributed by atoms with Crippen molar-refractivity contribution in [2.75, 3.05) is 0 Å². The summed E-state index contributed by atoms with van der Waals surface area (Å²) in [5, 5.41) is 21.8. The first kappa shape index (κ1) is 15.7. The fraction of sp³-hybridized carbons (Fsp3) is 0.467. The minimum absolute atomic E-state index is 0.0144. The number of carbonyl (C=O) groups is 2. The van der Waals surface area contributed by atoms with Crippen molar-refractivity contribution in [1.82, 2.24) is 20.3 Å². The second-order valence-corrected chi connectivity index (χ2v) is 6.77. The SMILES string of the molecule is O=C(NC1CCC(C(=O)O)CC1)c1cn(Cc2cccs2)nn1. The van der Waals surface area contributed by atoms with Gasteiger partial charge in [0.25, 0.3) is 5.91 Å². The van der Waals surface area contributed by atoms with Gasteiger partial charge in [0.1, 0.15) is 0 Å². The Hall–Kier alpha value is -2.22. The van der Waals surface area contributed by atoms with E-state index >= 15 is 0 Å². The van der Waals surface area contributed by atoms with Crippen LogP contribution < -0.4 is 5.32 Å². The number of hydrogen-bond donors (Lipinski definition) is 2. The van der Waals surface area contributed by atoms with E-state index in [1.54, 1.807) is 22.2 Å². The van der Waals surface area contributed by atoms with Gasteiger partial charge in [-0.1, -0.05) is 11.3 Å². The van der Waals surface area contributed by atoms with Gasteiger partial charge in [-0.05, 0) is 37.1 Å². The molecule has 1 fully saturated rings. The van der Waals surface area contributed by atoms with Gasteiger partial charge in [-0.2, -0.15) is 0 Å². The van der Waals surface area contributed by atoms with Gasteiger partial charge in [-0.25, -0.2) is 4.68 Å². The molecule has 8 heteroatoms. The average Bonchev–Trinajstić information content (AvgIpc) is 3.20. The summed E-state index contributed by atoms with van der Waals surface area (Å²) in [5.41, 5.74) is 0.293. The third-order valence-corrected chi connectivity index (χ3v) is 4.94. The van der Waals surface area contributed by atoms with Crippen LogP contribution in [0.3, 0.4) is 0 Å². The lowest BCUT2D eigenvalue weighted by Crippen LogP contribution is -2.38. The number of nitrogens with zero attached hydrogens (tertiary/aromatic N) is 3.